The Morgan fingerprint density at radius 1 is 1.23 bits per heavy atom. The van der Waals surface area contributed by atoms with Crippen molar-refractivity contribution in [3.63, 3.8) is 0 Å². The first-order valence-electron chi connectivity index (χ1n) is 3.66. The molecule has 0 saturated heterocycles. The van der Waals surface area contributed by atoms with Gasteiger partial charge in [-0.05, 0) is 0 Å². The summed E-state index contributed by atoms with van der Waals surface area (Å²) in [5.74, 6) is -0.432. The Morgan fingerprint density at radius 3 is 2.46 bits per heavy atom. The van der Waals surface area contributed by atoms with Crippen molar-refractivity contribution in [3.8, 4) is 0 Å². The Bertz CT molecular complexity index is 197. The predicted octanol–water partition coefficient (Wildman–Crippen LogP) is 0.889. The molecule has 0 aromatic heterocycles. The van der Waals surface area contributed by atoms with Gasteiger partial charge in [0.25, 0.3) is 0 Å². The van der Waals surface area contributed by atoms with E-state index < -0.39 is 12.1 Å². The molecule has 0 radical (unpaired) electrons. The largest absolute Gasteiger partial charge is 0.507 e. The van der Waals surface area contributed by atoms with Crippen molar-refractivity contribution in [2.45, 2.75) is 6.42 Å². The van der Waals surface area contributed by atoms with Gasteiger partial charge in [-0.15, -0.1) is 0 Å². The molecule has 0 rings (SSSR count). The maximum Gasteiger partial charge on any atom is 0.507 e. The molecule has 0 bridgehead atoms. The van der Waals surface area contributed by atoms with Crippen molar-refractivity contribution in [3.05, 3.63) is 12.2 Å². The van der Waals surface area contributed by atoms with E-state index in [-0.39, 0.29) is 6.61 Å². The van der Waals surface area contributed by atoms with Gasteiger partial charge < -0.3 is 14.2 Å². The maximum absolute atomic E-state index is 10.5. The number of rotatable bonds is 4. The first-order chi connectivity index (χ1) is 6.20. The number of methoxy groups -OCH3 is 2. The van der Waals surface area contributed by atoms with Gasteiger partial charge in [-0.3, -0.25) is 0 Å². The lowest BCUT2D eigenvalue weighted by Gasteiger charge is -1.98. The van der Waals surface area contributed by atoms with Crippen LogP contribution in [0.3, 0.4) is 0 Å². The molecule has 0 aliphatic rings. The maximum atomic E-state index is 10.5. The molecule has 0 saturated carbocycles. The Balaban J connectivity index is 3.40. The van der Waals surface area contributed by atoms with Crippen LogP contribution in [0.25, 0.3) is 0 Å². The summed E-state index contributed by atoms with van der Waals surface area (Å²) in [6.45, 7) is 0.181. The van der Waals surface area contributed by atoms with Crippen LogP contribution in [0.2, 0.25) is 0 Å². The number of carbonyl (C=O) groups is 2. The molecular weight excluding hydrogens is 176 g/mol. The first kappa shape index (κ1) is 11.5. The van der Waals surface area contributed by atoms with Crippen molar-refractivity contribution in [1.29, 1.82) is 0 Å². The highest BCUT2D eigenvalue weighted by atomic mass is 16.7. The lowest BCUT2D eigenvalue weighted by molar-refractivity contribution is -0.134. The van der Waals surface area contributed by atoms with Gasteiger partial charge in [0.05, 0.1) is 20.8 Å². The van der Waals surface area contributed by atoms with Crippen molar-refractivity contribution < 1.29 is 23.8 Å². The van der Waals surface area contributed by atoms with Gasteiger partial charge in [-0.1, -0.05) is 6.08 Å². The number of esters is 1. The van der Waals surface area contributed by atoms with E-state index in [0.717, 1.165) is 0 Å². The second-order valence-corrected chi connectivity index (χ2v) is 2.02. The Morgan fingerprint density at radius 2 is 1.92 bits per heavy atom. The third-order valence-electron chi connectivity index (χ3n) is 1.13. The van der Waals surface area contributed by atoms with Gasteiger partial charge in [0.15, 0.2) is 0 Å². The van der Waals surface area contributed by atoms with E-state index >= 15 is 0 Å². The van der Waals surface area contributed by atoms with Gasteiger partial charge in [0.2, 0.25) is 0 Å². The van der Waals surface area contributed by atoms with Crippen LogP contribution in [0, 0.1) is 0 Å². The third-order valence-corrected chi connectivity index (χ3v) is 1.13. The highest BCUT2D eigenvalue weighted by Crippen LogP contribution is 1.89. The summed E-state index contributed by atoms with van der Waals surface area (Å²) in [7, 11) is 2.52. The second-order valence-electron chi connectivity index (χ2n) is 2.02. The molecule has 0 atom stereocenters. The smallest absolute Gasteiger partial charge is 0.466 e. The second kappa shape index (κ2) is 7.15. The molecule has 0 aromatic rings. The Kier molecular flexibility index (Phi) is 6.31. The van der Waals surface area contributed by atoms with Crippen molar-refractivity contribution >= 4 is 12.1 Å². The highest BCUT2D eigenvalue weighted by molar-refractivity contribution is 5.81. The van der Waals surface area contributed by atoms with Gasteiger partial charge in [-0.25, -0.2) is 9.59 Å². The average molecular weight is 188 g/mol. The van der Waals surface area contributed by atoms with Gasteiger partial charge >= 0.3 is 12.1 Å². The fourth-order valence-electron chi connectivity index (χ4n) is 0.517. The summed E-state index contributed by atoms with van der Waals surface area (Å²) < 4.78 is 13.1. The van der Waals surface area contributed by atoms with Gasteiger partial charge in [0, 0.05) is 12.5 Å². The SMILES string of the molecule is COC(=O)/C=C/CCOC(=O)OC. The number of hydrogen-bond donors (Lipinski definition) is 0. The number of hydrogen-bond acceptors (Lipinski definition) is 5. The molecule has 0 fully saturated rings. The zero-order valence-corrected chi connectivity index (χ0v) is 7.61. The molecule has 0 aromatic carbocycles. The number of ether oxygens (including phenoxy) is 3. The van der Waals surface area contributed by atoms with E-state index in [1.54, 1.807) is 6.08 Å². The van der Waals surface area contributed by atoms with Crippen molar-refractivity contribution in [1.82, 2.24) is 0 Å². The zero-order valence-electron chi connectivity index (χ0n) is 7.61. The van der Waals surface area contributed by atoms with E-state index in [0.29, 0.717) is 6.42 Å². The summed E-state index contributed by atoms with van der Waals surface area (Å²) in [4.78, 5) is 20.9. The van der Waals surface area contributed by atoms with Crippen molar-refractivity contribution in [2.24, 2.45) is 0 Å². The molecule has 5 heteroatoms. The molecule has 13 heavy (non-hydrogen) atoms. The molecule has 0 heterocycles. The van der Waals surface area contributed by atoms with Crippen LogP contribution in [-0.2, 0) is 19.0 Å². The van der Waals surface area contributed by atoms with Crippen LogP contribution in [-0.4, -0.2) is 33.0 Å². The number of carbonyl (C=O) groups excluding carboxylic acids is 2. The summed E-state index contributed by atoms with van der Waals surface area (Å²) in [5.41, 5.74) is 0. The van der Waals surface area contributed by atoms with E-state index in [9.17, 15) is 9.59 Å². The van der Waals surface area contributed by atoms with Crippen LogP contribution < -0.4 is 0 Å². The highest BCUT2D eigenvalue weighted by Gasteiger charge is 1.97. The van der Waals surface area contributed by atoms with E-state index in [1.165, 1.54) is 20.3 Å². The molecule has 0 amide bonds. The molecule has 0 aliphatic heterocycles. The average Bonchev–Trinajstić information content (AvgIpc) is 2.16. The molecule has 0 spiro atoms. The fraction of sp³-hybridized carbons (Fsp3) is 0.500. The van der Waals surface area contributed by atoms with Gasteiger partial charge in [0.1, 0.15) is 0 Å². The van der Waals surface area contributed by atoms with Crippen LogP contribution in [0.4, 0.5) is 4.79 Å². The molecule has 74 valence electrons. The first-order valence-corrected chi connectivity index (χ1v) is 3.66. The van der Waals surface area contributed by atoms with E-state index in [4.69, 9.17) is 0 Å². The molecule has 5 nitrogen and oxygen atoms in total. The monoisotopic (exact) mass is 188 g/mol. The van der Waals surface area contributed by atoms with Crippen molar-refractivity contribution in [2.75, 3.05) is 20.8 Å². The quantitative estimate of drug-likeness (QED) is 0.372. The minimum Gasteiger partial charge on any atom is -0.466 e. The van der Waals surface area contributed by atoms with E-state index in [1.807, 2.05) is 0 Å². The summed E-state index contributed by atoms with van der Waals surface area (Å²) in [6.07, 6.45) is 2.53. The summed E-state index contributed by atoms with van der Waals surface area (Å²) >= 11 is 0. The zero-order chi connectivity index (χ0) is 10.1. The molecule has 0 aliphatic carbocycles. The molecule has 0 unspecified atom stereocenters. The van der Waals surface area contributed by atoms with Crippen LogP contribution in [0.1, 0.15) is 6.42 Å². The third kappa shape index (κ3) is 6.86. The molecule has 0 N–H and O–H groups in total. The minimum atomic E-state index is -0.730. The van der Waals surface area contributed by atoms with E-state index in [2.05, 4.69) is 14.2 Å². The Hall–Kier alpha value is -1.52. The van der Waals surface area contributed by atoms with Crippen LogP contribution >= 0.6 is 0 Å². The lowest BCUT2D eigenvalue weighted by Crippen LogP contribution is -2.04. The minimum absolute atomic E-state index is 0.181. The molecular formula is C8H12O5. The normalized spacial score (nSPS) is 9.69. The topological polar surface area (TPSA) is 61.8 Å². The summed E-state index contributed by atoms with van der Waals surface area (Å²) in [5, 5.41) is 0. The van der Waals surface area contributed by atoms with Crippen LogP contribution in [0.5, 0.6) is 0 Å². The fourth-order valence-corrected chi connectivity index (χ4v) is 0.517. The predicted molar refractivity (Wildman–Crippen MR) is 44.1 cm³/mol. The Labute approximate surface area is 76.3 Å². The summed E-state index contributed by atoms with van der Waals surface area (Å²) in [6, 6.07) is 0. The van der Waals surface area contributed by atoms with Crippen LogP contribution in [0.15, 0.2) is 12.2 Å². The lowest BCUT2D eigenvalue weighted by atomic mass is 10.4. The standard InChI is InChI=1S/C8H12O5/c1-11-7(9)5-3-4-6-13-8(10)12-2/h3,5H,4,6H2,1-2H3/b5-3+. The van der Waals surface area contributed by atoms with Gasteiger partial charge in [-0.2, -0.15) is 0 Å².